The summed E-state index contributed by atoms with van der Waals surface area (Å²) in [5.41, 5.74) is 1.36. The minimum atomic E-state index is 0.238. The Labute approximate surface area is 132 Å². The third-order valence-corrected chi connectivity index (χ3v) is 5.31. The summed E-state index contributed by atoms with van der Waals surface area (Å²) in [5, 5.41) is 5.08. The minimum absolute atomic E-state index is 0.238. The molecule has 112 valence electrons. The number of hydrogen-bond acceptors (Lipinski definition) is 2. The van der Waals surface area contributed by atoms with Crippen LogP contribution in [0.25, 0.3) is 0 Å². The van der Waals surface area contributed by atoms with Crippen molar-refractivity contribution in [3.8, 4) is 0 Å². The van der Waals surface area contributed by atoms with E-state index in [0.29, 0.717) is 10.0 Å². The number of hydrogen-bond donors (Lipinski definition) is 1. The molecule has 0 aromatic heterocycles. The Morgan fingerprint density at radius 2 is 2.00 bits per heavy atom. The van der Waals surface area contributed by atoms with Crippen molar-refractivity contribution >= 4 is 23.2 Å². The molecular formula is C16H24Cl2N2. The van der Waals surface area contributed by atoms with Crippen molar-refractivity contribution in [3.05, 3.63) is 33.8 Å². The molecule has 1 saturated heterocycles. The topological polar surface area (TPSA) is 15.3 Å². The molecule has 20 heavy (non-hydrogen) atoms. The van der Waals surface area contributed by atoms with Crippen LogP contribution in [0.1, 0.15) is 38.7 Å². The van der Waals surface area contributed by atoms with Gasteiger partial charge < -0.3 is 5.32 Å². The molecule has 1 fully saturated rings. The molecule has 0 saturated carbocycles. The second-order valence-electron chi connectivity index (χ2n) is 5.69. The first-order valence-corrected chi connectivity index (χ1v) is 8.26. The molecule has 0 spiro atoms. The highest BCUT2D eigenvalue weighted by Gasteiger charge is 2.30. The Morgan fingerprint density at radius 3 is 2.70 bits per heavy atom. The lowest BCUT2D eigenvalue weighted by molar-refractivity contribution is 0.191. The molecular weight excluding hydrogens is 291 g/mol. The molecule has 1 aromatic rings. The second-order valence-corrected chi connectivity index (χ2v) is 6.48. The third kappa shape index (κ3) is 3.67. The van der Waals surface area contributed by atoms with Crippen LogP contribution in [-0.2, 0) is 6.54 Å². The maximum atomic E-state index is 6.32. The van der Waals surface area contributed by atoms with Crippen molar-refractivity contribution in [1.29, 1.82) is 0 Å². The molecule has 0 atom stereocenters. The van der Waals surface area contributed by atoms with Crippen LogP contribution in [-0.4, -0.2) is 30.1 Å². The summed E-state index contributed by atoms with van der Waals surface area (Å²) in [7, 11) is 0. The first-order chi connectivity index (χ1) is 9.60. The highest BCUT2D eigenvalue weighted by Crippen LogP contribution is 2.28. The van der Waals surface area contributed by atoms with Crippen molar-refractivity contribution in [2.75, 3.05) is 19.6 Å². The van der Waals surface area contributed by atoms with E-state index >= 15 is 0 Å². The molecule has 1 aromatic carbocycles. The van der Waals surface area contributed by atoms with Gasteiger partial charge in [-0.1, -0.05) is 49.2 Å². The van der Waals surface area contributed by atoms with Gasteiger partial charge in [-0.15, -0.1) is 0 Å². The summed E-state index contributed by atoms with van der Waals surface area (Å²) in [4.78, 5) is 2.50. The summed E-state index contributed by atoms with van der Waals surface area (Å²) in [6.07, 6.45) is 3.49. The summed E-state index contributed by atoms with van der Waals surface area (Å²) < 4.78 is 0. The van der Waals surface area contributed by atoms with Crippen LogP contribution in [0.5, 0.6) is 0 Å². The van der Waals surface area contributed by atoms with Crippen molar-refractivity contribution in [2.45, 2.75) is 45.2 Å². The maximum absolute atomic E-state index is 6.32. The van der Waals surface area contributed by atoms with Gasteiger partial charge in [0.05, 0.1) is 10.0 Å². The molecule has 4 heteroatoms. The Morgan fingerprint density at radius 1 is 1.25 bits per heavy atom. The molecule has 1 heterocycles. The molecule has 2 rings (SSSR count). The zero-order valence-corrected chi connectivity index (χ0v) is 13.9. The van der Waals surface area contributed by atoms with Gasteiger partial charge in [0.1, 0.15) is 0 Å². The minimum Gasteiger partial charge on any atom is -0.310 e. The van der Waals surface area contributed by atoms with E-state index in [1.807, 2.05) is 12.1 Å². The Kier molecular flexibility index (Phi) is 5.74. The summed E-state index contributed by atoms with van der Waals surface area (Å²) in [6.45, 7) is 8.70. The van der Waals surface area contributed by atoms with Crippen molar-refractivity contribution < 1.29 is 0 Å². The number of halogens is 2. The average molecular weight is 315 g/mol. The second kappa shape index (κ2) is 7.13. The summed E-state index contributed by atoms with van der Waals surface area (Å²) in [5.74, 6) is 0. The van der Waals surface area contributed by atoms with E-state index in [4.69, 9.17) is 23.2 Å². The molecule has 0 bridgehead atoms. The lowest BCUT2D eigenvalue weighted by atomic mass is 9.92. The highest BCUT2D eigenvalue weighted by atomic mass is 35.5. The van der Waals surface area contributed by atoms with Crippen molar-refractivity contribution in [1.82, 2.24) is 10.2 Å². The summed E-state index contributed by atoms with van der Waals surface area (Å²) in [6, 6.07) is 5.90. The monoisotopic (exact) mass is 314 g/mol. The van der Waals surface area contributed by atoms with Gasteiger partial charge in [-0.05, 0) is 44.0 Å². The van der Waals surface area contributed by atoms with E-state index in [1.165, 1.54) is 6.42 Å². The van der Waals surface area contributed by atoms with Crippen LogP contribution >= 0.6 is 23.2 Å². The maximum Gasteiger partial charge on any atom is 0.0637 e. The molecule has 1 N–H and O–H groups in total. The van der Waals surface area contributed by atoms with Crippen LogP contribution in [0.3, 0.4) is 0 Å². The van der Waals surface area contributed by atoms with Gasteiger partial charge >= 0.3 is 0 Å². The van der Waals surface area contributed by atoms with Gasteiger partial charge in [0.15, 0.2) is 0 Å². The fraction of sp³-hybridized carbons (Fsp3) is 0.625. The van der Waals surface area contributed by atoms with Crippen LogP contribution in [0.2, 0.25) is 10.0 Å². The molecule has 0 radical (unpaired) electrons. The average Bonchev–Trinajstić information content (AvgIpc) is 2.67. The largest absolute Gasteiger partial charge is 0.310 e. The molecule has 2 nitrogen and oxygen atoms in total. The molecule has 0 amide bonds. The zero-order valence-electron chi connectivity index (χ0n) is 12.4. The number of nitrogens with one attached hydrogen (secondary N) is 1. The molecule has 1 aliphatic heterocycles. The van der Waals surface area contributed by atoms with Gasteiger partial charge in [0.25, 0.3) is 0 Å². The fourth-order valence-corrected chi connectivity index (χ4v) is 3.37. The first kappa shape index (κ1) is 16.1. The Balaban J connectivity index is 2.13. The van der Waals surface area contributed by atoms with Crippen molar-refractivity contribution in [3.63, 3.8) is 0 Å². The number of nitrogens with zero attached hydrogens (tertiary/aromatic N) is 1. The predicted octanol–water partition coefficient (Wildman–Crippen LogP) is 4.35. The van der Waals surface area contributed by atoms with E-state index in [1.54, 1.807) is 0 Å². The van der Waals surface area contributed by atoms with Gasteiger partial charge in [-0.25, -0.2) is 0 Å². The van der Waals surface area contributed by atoms with Gasteiger partial charge in [-0.2, -0.15) is 0 Å². The normalized spacial score (nSPS) is 19.8. The zero-order chi connectivity index (χ0) is 14.6. The summed E-state index contributed by atoms with van der Waals surface area (Å²) >= 11 is 12.4. The van der Waals surface area contributed by atoms with Crippen LogP contribution in [0.15, 0.2) is 18.2 Å². The smallest absolute Gasteiger partial charge is 0.0637 e. The van der Waals surface area contributed by atoms with Crippen LogP contribution in [0, 0.1) is 0 Å². The quantitative estimate of drug-likeness (QED) is 0.889. The van der Waals surface area contributed by atoms with Gasteiger partial charge in [0.2, 0.25) is 0 Å². The first-order valence-electron chi connectivity index (χ1n) is 7.50. The van der Waals surface area contributed by atoms with Crippen LogP contribution in [0.4, 0.5) is 0 Å². The molecule has 1 aliphatic rings. The van der Waals surface area contributed by atoms with Gasteiger partial charge in [-0.3, -0.25) is 4.90 Å². The van der Waals surface area contributed by atoms with E-state index in [0.717, 1.165) is 44.6 Å². The standard InChI is InChI=1S/C16H24Cl2N2/c1-3-16(4-2)12-20(10-6-9-19-16)11-13-7-5-8-14(17)15(13)18/h5,7-8,19H,3-4,6,9-12H2,1-2H3. The fourth-order valence-electron chi connectivity index (χ4n) is 2.99. The lowest BCUT2D eigenvalue weighted by Gasteiger charge is -2.35. The highest BCUT2D eigenvalue weighted by molar-refractivity contribution is 6.42. The van der Waals surface area contributed by atoms with Crippen LogP contribution < -0.4 is 5.32 Å². The Bertz CT molecular complexity index is 444. The predicted molar refractivity (Wildman–Crippen MR) is 87.7 cm³/mol. The van der Waals surface area contributed by atoms with E-state index in [-0.39, 0.29) is 5.54 Å². The molecule has 0 aliphatic carbocycles. The van der Waals surface area contributed by atoms with E-state index in [2.05, 4.69) is 30.1 Å². The lowest BCUT2D eigenvalue weighted by Crippen LogP contribution is -2.50. The third-order valence-electron chi connectivity index (χ3n) is 4.46. The van der Waals surface area contributed by atoms with E-state index < -0.39 is 0 Å². The van der Waals surface area contributed by atoms with Gasteiger partial charge in [0, 0.05) is 18.6 Å². The number of rotatable bonds is 4. The van der Waals surface area contributed by atoms with E-state index in [9.17, 15) is 0 Å². The Hall–Kier alpha value is -0.280. The molecule has 0 unspecified atom stereocenters. The number of benzene rings is 1. The SMILES string of the molecule is CCC1(CC)CN(Cc2cccc(Cl)c2Cl)CCCN1. The van der Waals surface area contributed by atoms with Crippen molar-refractivity contribution in [2.24, 2.45) is 0 Å².